The number of carbonyl (C=O) groups excluding carboxylic acids is 1. The average Bonchev–Trinajstić information content (AvgIpc) is 2.71. The normalized spacial score (nSPS) is 10.5. The summed E-state index contributed by atoms with van der Waals surface area (Å²) in [5, 5.41) is 3.06. The number of ether oxygens (including phenoxy) is 1. The van der Waals surface area contributed by atoms with E-state index >= 15 is 0 Å². The molecule has 144 valence electrons. The van der Waals surface area contributed by atoms with Crippen molar-refractivity contribution in [3.05, 3.63) is 89.0 Å². The summed E-state index contributed by atoms with van der Waals surface area (Å²) in [5.74, 6) is 1.46. The number of rotatable bonds is 7. The lowest BCUT2D eigenvalue weighted by Gasteiger charge is -2.14. The van der Waals surface area contributed by atoms with Gasteiger partial charge in [-0.25, -0.2) is 0 Å². The van der Waals surface area contributed by atoms with Crippen LogP contribution in [0, 0.1) is 13.8 Å². The molecule has 0 aliphatic carbocycles. The van der Waals surface area contributed by atoms with Crippen LogP contribution < -0.4 is 10.1 Å². The lowest BCUT2D eigenvalue weighted by molar-refractivity contribution is 0.102. The highest BCUT2D eigenvalue weighted by molar-refractivity contribution is 7.98. The number of hydrogen-bond acceptors (Lipinski definition) is 3. The second kappa shape index (κ2) is 9.47. The molecule has 0 saturated heterocycles. The largest absolute Gasteiger partial charge is 0.494 e. The van der Waals surface area contributed by atoms with Crippen LogP contribution in [0.4, 0.5) is 5.69 Å². The van der Waals surface area contributed by atoms with E-state index in [1.807, 2.05) is 75.4 Å². The van der Waals surface area contributed by atoms with E-state index in [1.54, 1.807) is 11.8 Å². The summed E-state index contributed by atoms with van der Waals surface area (Å²) in [5.41, 5.74) is 4.64. The smallest absolute Gasteiger partial charge is 0.255 e. The van der Waals surface area contributed by atoms with Crippen molar-refractivity contribution in [2.24, 2.45) is 0 Å². The van der Waals surface area contributed by atoms with E-state index in [1.165, 1.54) is 4.90 Å². The summed E-state index contributed by atoms with van der Waals surface area (Å²) in [6.07, 6.45) is 0. The maximum Gasteiger partial charge on any atom is 0.255 e. The van der Waals surface area contributed by atoms with E-state index in [-0.39, 0.29) is 5.91 Å². The molecular formula is C24H25NO2S. The number of hydrogen-bond donors (Lipinski definition) is 1. The number of benzene rings is 3. The molecule has 3 aromatic rings. The molecule has 0 saturated carbocycles. The standard InChI is InChI=1S/C24H25NO2S/c1-4-27-22-14-13-19(15-20(22)16-28-21-11-6-5-7-12-21)24(26)25-23-17(2)9-8-10-18(23)3/h5-15H,4,16H2,1-3H3,(H,25,26). The fraction of sp³-hybridized carbons (Fsp3) is 0.208. The third-order valence-corrected chi connectivity index (χ3v) is 5.54. The summed E-state index contributed by atoms with van der Waals surface area (Å²) in [6, 6.07) is 21.9. The van der Waals surface area contributed by atoms with Crippen LogP contribution in [-0.2, 0) is 5.75 Å². The Hall–Kier alpha value is -2.72. The van der Waals surface area contributed by atoms with Crippen molar-refractivity contribution in [1.82, 2.24) is 0 Å². The Balaban J connectivity index is 1.82. The van der Waals surface area contributed by atoms with Gasteiger partial charge in [0, 0.05) is 27.5 Å². The van der Waals surface area contributed by atoms with Crippen molar-refractivity contribution in [1.29, 1.82) is 0 Å². The van der Waals surface area contributed by atoms with Crippen molar-refractivity contribution in [2.75, 3.05) is 11.9 Å². The van der Waals surface area contributed by atoms with Crippen LogP contribution >= 0.6 is 11.8 Å². The zero-order valence-electron chi connectivity index (χ0n) is 16.5. The van der Waals surface area contributed by atoms with Gasteiger partial charge in [0.15, 0.2) is 0 Å². The van der Waals surface area contributed by atoms with Gasteiger partial charge in [0.2, 0.25) is 0 Å². The zero-order valence-corrected chi connectivity index (χ0v) is 17.3. The van der Waals surface area contributed by atoms with E-state index in [0.29, 0.717) is 12.2 Å². The number of para-hydroxylation sites is 1. The minimum Gasteiger partial charge on any atom is -0.494 e. The van der Waals surface area contributed by atoms with E-state index in [4.69, 9.17) is 4.74 Å². The lowest BCUT2D eigenvalue weighted by Crippen LogP contribution is -2.14. The van der Waals surface area contributed by atoms with Crippen molar-refractivity contribution >= 4 is 23.4 Å². The van der Waals surface area contributed by atoms with Gasteiger partial charge in [0.25, 0.3) is 5.91 Å². The molecule has 0 bridgehead atoms. The Morgan fingerprint density at radius 3 is 2.36 bits per heavy atom. The monoisotopic (exact) mass is 391 g/mol. The Bertz CT molecular complexity index is 934. The van der Waals surface area contributed by atoms with Gasteiger partial charge in [-0.2, -0.15) is 0 Å². The quantitative estimate of drug-likeness (QED) is 0.484. The highest BCUT2D eigenvalue weighted by Crippen LogP contribution is 2.29. The maximum atomic E-state index is 12.9. The summed E-state index contributed by atoms with van der Waals surface area (Å²) in [6.45, 7) is 6.57. The van der Waals surface area contributed by atoms with Crippen LogP contribution in [0.1, 0.15) is 34.0 Å². The molecule has 1 N–H and O–H groups in total. The molecule has 3 nitrogen and oxygen atoms in total. The molecule has 0 heterocycles. The first-order valence-corrected chi connectivity index (χ1v) is 10.4. The molecule has 0 aliphatic heterocycles. The predicted molar refractivity (Wildman–Crippen MR) is 117 cm³/mol. The Kier molecular flexibility index (Phi) is 6.77. The van der Waals surface area contributed by atoms with Gasteiger partial charge >= 0.3 is 0 Å². The van der Waals surface area contributed by atoms with Gasteiger partial charge in [0.05, 0.1) is 6.61 Å². The molecule has 0 unspecified atom stereocenters. The zero-order chi connectivity index (χ0) is 19.9. The van der Waals surface area contributed by atoms with Gasteiger partial charge in [-0.3, -0.25) is 4.79 Å². The molecule has 0 spiro atoms. The van der Waals surface area contributed by atoms with Gasteiger partial charge in [-0.05, 0) is 62.2 Å². The number of amides is 1. The summed E-state index contributed by atoms with van der Waals surface area (Å²) in [7, 11) is 0. The molecule has 3 aromatic carbocycles. The Morgan fingerprint density at radius 1 is 0.964 bits per heavy atom. The third kappa shape index (κ3) is 4.96. The minimum absolute atomic E-state index is 0.105. The highest BCUT2D eigenvalue weighted by atomic mass is 32.2. The van der Waals surface area contributed by atoms with Crippen LogP contribution in [0.2, 0.25) is 0 Å². The second-order valence-corrected chi connectivity index (χ2v) is 7.63. The second-order valence-electron chi connectivity index (χ2n) is 6.58. The fourth-order valence-electron chi connectivity index (χ4n) is 3.00. The molecular weight excluding hydrogens is 366 g/mol. The number of thioether (sulfide) groups is 1. The molecule has 0 radical (unpaired) electrons. The molecule has 0 atom stereocenters. The van der Waals surface area contributed by atoms with Gasteiger partial charge in [0.1, 0.15) is 5.75 Å². The number of aryl methyl sites for hydroxylation is 2. The maximum absolute atomic E-state index is 12.9. The van der Waals surface area contributed by atoms with E-state index in [0.717, 1.165) is 33.9 Å². The van der Waals surface area contributed by atoms with Gasteiger partial charge < -0.3 is 10.1 Å². The summed E-state index contributed by atoms with van der Waals surface area (Å²) < 4.78 is 5.77. The Morgan fingerprint density at radius 2 is 1.68 bits per heavy atom. The molecule has 1 amide bonds. The van der Waals surface area contributed by atoms with Crippen molar-refractivity contribution in [2.45, 2.75) is 31.4 Å². The predicted octanol–water partition coefficient (Wildman–Crippen LogP) is 6.25. The SMILES string of the molecule is CCOc1ccc(C(=O)Nc2c(C)cccc2C)cc1CSc1ccccc1. The fourth-order valence-corrected chi connectivity index (χ4v) is 3.90. The summed E-state index contributed by atoms with van der Waals surface area (Å²) >= 11 is 1.73. The topological polar surface area (TPSA) is 38.3 Å². The van der Waals surface area contributed by atoms with Crippen LogP contribution in [0.15, 0.2) is 71.6 Å². The molecule has 0 aliphatic rings. The minimum atomic E-state index is -0.105. The highest BCUT2D eigenvalue weighted by Gasteiger charge is 2.13. The van der Waals surface area contributed by atoms with Crippen molar-refractivity contribution in [3.8, 4) is 5.75 Å². The molecule has 0 fully saturated rings. The molecule has 28 heavy (non-hydrogen) atoms. The lowest BCUT2D eigenvalue weighted by atomic mass is 10.1. The summed E-state index contributed by atoms with van der Waals surface area (Å²) in [4.78, 5) is 14.0. The number of nitrogens with one attached hydrogen (secondary N) is 1. The molecule has 0 aromatic heterocycles. The first-order valence-electron chi connectivity index (χ1n) is 9.39. The Labute approximate surface area is 171 Å². The average molecular weight is 392 g/mol. The van der Waals surface area contributed by atoms with E-state index in [9.17, 15) is 4.79 Å². The molecule has 4 heteroatoms. The van der Waals surface area contributed by atoms with Crippen LogP contribution in [0.3, 0.4) is 0 Å². The van der Waals surface area contributed by atoms with Crippen LogP contribution in [0.25, 0.3) is 0 Å². The van der Waals surface area contributed by atoms with E-state index < -0.39 is 0 Å². The van der Waals surface area contributed by atoms with Crippen LogP contribution in [0.5, 0.6) is 5.75 Å². The van der Waals surface area contributed by atoms with Crippen molar-refractivity contribution in [3.63, 3.8) is 0 Å². The van der Waals surface area contributed by atoms with Crippen LogP contribution in [-0.4, -0.2) is 12.5 Å². The first kappa shape index (κ1) is 20.0. The third-order valence-electron chi connectivity index (χ3n) is 4.48. The number of anilines is 1. The first-order chi connectivity index (χ1) is 13.6. The van der Waals surface area contributed by atoms with E-state index in [2.05, 4.69) is 17.4 Å². The number of carbonyl (C=O) groups is 1. The van der Waals surface area contributed by atoms with Gasteiger partial charge in [-0.1, -0.05) is 36.4 Å². The van der Waals surface area contributed by atoms with Gasteiger partial charge in [-0.15, -0.1) is 11.8 Å². The molecule has 3 rings (SSSR count). The van der Waals surface area contributed by atoms with Crippen molar-refractivity contribution < 1.29 is 9.53 Å².